The fourth-order valence-electron chi connectivity index (χ4n) is 2.78. The highest BCUT2D eigenvalue weighted by molar-refractivity contribution is 6.06. The zero-order valence-corrected chi connectivity index (χ0v) is 11.9. The molecule has 1 atom stereocenters. The van der Waals surface area contributed by atoms with E-state index in [1.54, 1.807) is 0 Å². The molecule has 0 spiro atoms. The van der Waals surface area contributed by atoms with E-state index in [1.807, 2.05) is 24.3 Å². The van der Waals surface area contributed by atoms with Crippen LogP contribution in [-0.2, 0) is 4.74 Å². The molecule has 0 amide bonds. The molecule has 21 heavy (non-hydrogen) atoms. The number of rotatable bonds is 3. The van der Waals surface area contributed by atoms with E-state index in [4.69, 9.17) is 4.74 Å². The van der Waals surface area contributed by atoms with Gasteiger partial charge in [-0.3, -0.25) is 0 Å². The summed E-state index contributed by atoms with van der Waals surface area (Å²) in [5.74, 6) is -0.249. The van der Waals surface area contributed by atoms with Gasteiger partial charge in [0.15, 0.2) is 0 Å². The number of aromatic nitrogens is 1. The van der Waals surface area contributed by atoms with Gasteiger partial charge in [-0.05, 0) is 19.8 Å². The number of carbonyl (C=O) groups is 1. The minimum absolute atomic E-state index is 0.168. The number of fused-ring (bicyclic) bond motifs is 1. The van der Waals surface area contributed by atoms with Gasteiger partial charge < -0.3 is 15.2 Å². The van der Waals surface area contributed by atoms with Crippen LogP contribution in [0.1, 0.15) is 30.1 Å². The van der Waals surface area contributed by atoms with Crippen molar-refractivity contribution in [3.8, 4) is 0 Å². The van der Waals surface area contributed by atoms with Crippen molar-refractivity contribution in [2.24, 2.45) is 0 Å². The smallest absolute Gasteiger partial charge is 0.337 e. The Morgan fingerprint density at radius 1 is 1.38 bits per heavy atom. The predicted octanol–water partition coefficient (Wildman–Crippen LogP) is 2.91. The van der Waals surface area contributed by atoms with Gasteiger partial charge in [0.05, 0.1) is 17.7 Å². The fourth-order valence-corrected chi connectivity index (χ4v) is 2.78. The van der Waals surface area contributed by atoms with E-state index in [0.717, 1.165) is 24.8 Å². The molecule has 1 aromatic carbocycles. The van der Waals surface area contributed by atoms with Crippen LogP contribution < -0.4 is 5.32 Å². The number of anilines is 1. The summed E-state index contributed by atoms with van der Waals surface area (Å²) in [4.78, 5) is 15.6. The molecule has 1 fully saturated rings. The van der Waals surface area contributed by atoms with Crippen LogP contribution in [0, 0.1) is 0 Å². The van der Waals surface area contributed by atoms with Gasteiger partial charge in [-0.15, -0.1) is 0 Å². The summed E-state index contributed by atoms with van der Waals surface area (Å²) < 4.78 is 5.55. The first-order valence-corrected chi connectivity index (χ1v) is 7.06. The van der Waals surface area contributed by atoms with Gasteiger partial charge in [-0.2, -0.15) is 0 Å². The SMILES string of the molecule is CC1(Nc2ncc(C(=O)O)c3ccccc23)CCCOC1. The van der Waals surface area contributed by atoms with Crippen LogP contribution in [0.3, 0.4) is 0 Å². The Morgan fingerprint density at radius 2 is 2.14 bits per heavy atom. The van der Waals surface area contributed by atoms with Gasteiger partial charge in [0.1, 0.15) is 5.82 Å². The van der Waals surface area contributed by atoms with Crippen molar-refractivity contribution in [2.75, 3.05) is 18.5 Å². The highest BCUT2D eigenvalue weighted by atomic mass is 16.5. The number of nitrogens with one attached hydrogen (secondary N) is 1. The molecular weight excluding hydrogens is 268 g/mol. The zero-order chi connectivity index (χ0) is 14.9. The molecule has 1 unspecified atom stereocenters. The molecule has 5 nitrogen and oxygen atoms in total. The molecule has 1 aliphatic heterocycles. The molecule has 0 radical (unpaired) electrons. The van der Waals surface area contributed by atoms with Crippen molar-refractivity contribution in [1.82, 2.24) is 4.98 Å². The Balaban J connectivity index is 2.03. The van der Waals surface area contributed by atoms with Crippen LogP contribution in [0.2, 0.25) is 0 Å². The largest absolute Gasteiger partial charge is 0.478 e. The maximum Gasteiger partial charge on any atom is 0.337 e. The van der Waals surface area contributed by atoms with E-state index in [0.29, 0.717) is 17.8 Å². The minimum atomic E-state index is -0.961. The standard InChI is InChI=1S/C16H18N2O3/c1-16(7-4-8-21-10-16)18-14-12-6-3-2-5-11(12)13(9-17-14)15(19)20/h2-3,5-6,9H,4,7-8,10H2,1H3,(H,17,18)(H,19,20). The van der Waals surface area contributed by atoms with Gasteiger partial charge in [0.2, 0.25) is 0 Å². The summed E-state index contributed by atoms with van der Waals surface area (Å²) in [6.45, 7) is 3.53. The number of hydrogen-bond donors (Lipinski definition) is 2. The first-order valence-electron chi connectivity index (χ1n) is 7.06. The lowest BCUT2D eigenvalue weighted by molar-refractivity contribution is 0.0539. The van der Waals surface area contributed by atoms with Gasteiger partial charge in [-0.1, -0.05) is 24.3 Å². The quantitative estimate of drug-likeness (QED) is 0.907. The average Bonchev–Trinajstić information content (AvgIpc) is 2.47. The number of hydrogen-bond acceptors (Lipinski definition) is 4. The Kier molecular flexibility index (Phi) is 3.51. The number of carboxylic acid groups (broad SMARTS) is 1. The van der Waals surface area contributed by atoms with Gasteiger partial charge in [-0.25, -0.2) is 9.78 Å². The first kappa shape index (κ1) is 13.8. The maximum absolute atomic E-state index is 11.3. The highest BCUT2D eigenvalue weighted by Crippen LogP contribution is 2.29. The molecule has 2 aromatic rings. The molecule has 5 heteroatoms. The van der Waals surface area contributed by atoms with Crippen LogP contribution in [0.4, 0.5) is 5.82 Å². The molecule has 3 rings (SSSR count). The van der Waals surface area contributed by atoms with Crippen molar-refractivity contribution in [2.45, 2.75) is 25.3 Å². The third-order valence-corrected chi connectivity index (χ3v) is 3.88. The number of nitrogens with zero attached hydrogens (tertiary/aromatic N) is 1. The summed E-state index contributed by atoms with van der Waals surface area (Å²) in [6.07, 6.45) is 3.43. The van der Waals surface area contributed by atoms with E-state index in [1.165, 1.54) is 6.20 Å². The molecule has 2 N–H and O–H groups in total. The first-order chi connectivity index (χ1) is 10.1. The topological polar surface area (TPSA) is 71.5 Å². The van der Waals surface area contributed by atoms with Crippen LogP contribution in [0.25, 0.3) is 10.8 Å². The number of carboxylic acids is 1. The number of benzene rings is 1. The minimum Gasteiger partial charge on any atom is -0.478 e. The van der Waals surface area contributed by atoms with Crippen molar-refractivity contribution in [1.29, 1.82) is 0 Å². The van der Waals surface area contributed by atoms with Crippen LogP contribution in [0.15, 0.2) is 30.5 Å². The molecule has 1 aliphatic rings. The summed E-state index contributed by atoms with van der Waals surface area (Å²) >= 11 is 0. The van der Waals surface area contributed by atoms with Gasteiger partial charge in [0.25, 0.3) is 0 Å². The molecular formula is C16H18N2O3. The molecule has 0 saturated carbocycles. The summed E-state index contributed by atoms with van der Waals surface area (Å²) in [5.41, 5.74) is 0.0554. The lowest BCUT2D eigenvalue weighted by Gasteiger charge is -2.35. The Labute approximate surface area is 123 Å². The zero-order valence-electron chi connectivity index (χ0n) is 11.9. The molecule has 0 aliphatic carbocycles. The Morgan fingerprint density at radius 3 is 2.81 bits per heavy atom. The molecule has 2 heterocycles. The number of pyridine rings is 1. The molecule has 0 bridgehead atoms. The normalized spacial score (nSPS) is 22.1. The van der Waals surface area contributed by atoms with Crippen LogP contribution >= 0.6 is 0 Å². The Bertz CT molecular complexity index is 678. The van der Waals surface area contributed by atoms with E-state index in [-0.39, 0.29) is 11.1 Å². The Hall–Kier alpha value is -2.14. The van der Waals surface area contributed by atoms with Crippen LogP contribution in [-0.4, -0.2) is 34.8 Å². The average molecular weight is 286 g/mol. The van der Waals surface area contributed by atoms with E-state index < -0.39 is 5.97 Å². The van der Waals surface area contributed by atoms with Crippen molar-refractivity contribution < 1.29 is 14.6 Å². The second-order valence-corrected chi connectivity index (χ2v) is 5.71. The van der Waals surface area contributed by atoms with E-state index in [9.17, 15) is 9.90 Å². The predicted molar refractivity (Wildman–Crippen MR) is 80.8 cm³/mol. The van der Waals surface area contributed by atoms with Crippen molar-refractivity contribution in [3.63, 3.8) is 0 Å². The summed E-state index contributed by atoms with van der Waals surface area (Å²) in [5, 5.41) is 14.2. The summed E-state index contributed by atoms with van der Waals surface area (Å²) in [7, 11) is 0. The second-order valence-electron chi connectivity index (χ2n) is 5.71. The second kappa shape index (κ2) is 5.33. The fraction of sp³-hybridized carbons (Fsp3) is 0.375. The van der Waals surface area contributed by atoms with Crippen LogP contribution in [0.5, 0.6) is 0 Å². The molecule has 1 aromatic heterocycles. The molecule has 1 saturated heterocycles. The van der Waals surface area contributed by atoms with Crippen molar-refractivity contribution >= 4 is 22.6 Å². The lowest BCUT2D eigenvalue weighted by Crippen LogP contribution is -2.43. The highest BCUT2D eigenvalue weighted by Gasteiger charge is 2.28. The van der Waals surface area contributed by atoms with Crippen molar-refractivity contribution in [3.05, 3.63) is 36.0 Å². The van der Waals surface area contributed by atoms with Gasteiger partial charge >= 0.3 is 5.97 Å². The van der Waals surface area contributed by atoms with Gasteiger partial charge in [0, 0.05) is 23.6 Å². The van der Waals surface area contributed by atoms with E-state index >= 15 is 0 Å². The third kappa shape index (κ3) is 2.69. The lowest BCUT2D eigenvalue weighted by atomic mass is 9.94. The van der Waals surface area contributed by atoms with E-state index in [2.05, 4.69) is 17.2 Å². The summed E-state index contributed by atoms with van der Waals surface area (Å²) in [6, 6.07) is 7.43. The third-order valence-electron chi connectivity index (χ3n) is 3.88. The monoisotopic (exact) mass is 286 g/mol. The number of ether oxygens (including phenoxy) is 1. The number of aromatic carboxylic acids is 1. The molecule has 110 valence electrons. The maximum atomic E-state index is 11.3.